The summed E-state index contributed by atoms with van der Waals surface area (Å²) in [7, 11) is 0. The molecule has 110 valence electrons. The summed E-state index contributed by atoms with van der Waals surface area (Å²) < 4.78 is 0. The van der Waals surface area contributed by atoms with Gasteiger partial charge in [0.25, 0.3) is 0 Å². The van der Waals surface area contributed by atoms with Crippen molar-refractivity contribution in [3.63, 3.8) is 0 Å². The standard InChI is InChI=1S/C14H27N3O2/c1-10(2)6-7-16-13(18)11(3)15-8-9-17-14(19)12-4-5-12/h10-12,15H,4-9H2,1-3H3,(H,16,18)(H,17,19). The maximum absolute atomic E-state index is 11.7. The monoisotopic (exact) mass is 269 g/mol. The van der Waals surface area contributed by atoms with Crippen LogP contribution < -0.4 is 16.0 Å². The molecule has 1 saturated carbocycles. The SMILES string of the molecule is CC(C)CCNC(=O)C(C)NCCNC(=O)C1CC1. The molecule has 1 aliphatic carbocycles. The van der Waals surface area contributed by atoms with Crippen molar-refractivity contribution in [3.8, 4) is 0 Å². The van der Waals surface area contributed by atoms with E-state index in [-0.39, 0.29) is 23.8 Å². The van der Waals surface area contributed by atoms with Crippen molar-refractivity contribution < 1.29 is 9.59 Å². The highest BCUT2D eigenvalue weighted by atomic mass is 16.2. The first-order chi connectivity index (χ1) is 9.00. The first-order valence-electron chi connectivity index (χ1n) is 7.29. The van der Waals surface area contributed by atoms with Gasteiger partial charge >= 0.3 is 0 Å². The van der Waals surface area contributed by atoms with E-state index in [1.807, 2.05) is 6.92 Å². The van der Waals surface area contributed by atoms with Crippen LogP contribution in [0.4, 0.5) is 0 Å². The van der Waals surface area contributed by atoms with Gasteiger partial charge in [0, 0.05) is 25.6 Å². The van der Waals surface area contributed by atoms with Gasteiger partial charge in [-0.05, 0) is 32.1 Å². The van der Waals surface area contributed by atoms with Gasteiger partial charge in [-0.1, -0.05) is 13.8 Å². The smallest absolute Gasteiger partial charge is 0.236 e. The molecule has 5 nitrogen and oxygen atoms in total. The summed E-state index contributed by atoms with van der Waals surface area (Å²) in [5.74, 6) is 1.02. The van der Waals surface area contributed by atoms with Crippen molar-refractivity contribution in [2.75, 3.05) is 19.6 Å². The maximum Gasteiger partial charge on any atom is 0.236 e. The lowest BCUT2D eigenvalue weighted by Gasteiger charge is -2.15. The molecule has 0 aromatic heterocycles. The van der Waals surface area contributed by atoms with E-state index in [0.717, 1.165) is 25.8 Å². The minimum Gasteiger partial charge on any atom is -0.355 e. The maximum atomic E-state index is 11.7. The van der Waals surface area contributed by atoms with Gasteiger partial charge in [-0.25, -0.2) is 0 Å². The van der Waals surface area contributed by atoms with E-state index >= 15 is 0 Å². The van der Waals surface area contributed by atoms with Gasteiger partial charge in [0.2, 0.25) is 11.8 Å². The third-order valence-corrected chi connectivity index (χ3v) is 3.24. The zero-order valence-corrected chi connectivity index (χ0v) is 12.3. The van der Waals surface area contributed by atoms with E-state index in [2.05, 4.69) is 29.8 Å². The van der Waals surface area contributed by atoms with Gasteiger partial charge in [0.05, 0.1) is 6.04 Å². The molecule has 0 heterocycles. The summed E-state index contributed by atoms with van der Waals surface area (Å²) in [6.45, 7) is 8.04. The highest BCUT2D eigenvalue weighted by molar-refractivity contribution is 5.81. The number of nitrogens with one attached hydrogen (secondary N) is 3. The van der Waals surface area contributed by atoms with Gasteiger partial charge in [-0.2, -0.15) is 0 Å². The van der Waals surface area contributed by atoms with Crippen molar-refractivity contribution in [2.24, 2.45) is 11.8 Å². The number of carbonyl (C=O) groups is 2. The summed E-state index contributed by atoms with van der Waals surface area (Å²) in [6.07, 6.45) is 3.04. The molecule has 0 bridgehead atoms. The molecule has 19 heavy (non-hydrogen) atoms. The van der Waals surface area contributed by atoms with Crippen LogP contribution in [0.2, 0.25) is 0 Å². The molecule has 1 atom stereocenters. The third kappa shape index (κ3) is 7.15. The van der Waals surface area contributed by atoms with E-state index < -0.39 is 0 Å². The van der Waals surface area contributed by atoms with E-state index in [4.69, 9.17) is 0 Å². The lowest BCUT2D eigenvalue weighted by atomic mass is 10.1. The fourth-order valence-corrected chi connectivity index (χ4v) is 1.69. The molecule has 0 saturated heterocycles. The van der Waals surface area contributed by atoms with E-state index in [1.54, 1.807) is 0 Å². The fourth-order valence-electron chi connectivity index (χ4n) is 1.69. The average molecular weight is 269 g/mol. The first-order valence-corrected chi connectivity index (χ1v) is 7.29. The Morgan fingerprint density at radius 2 is 1.74 bits per heavy atom. The van der Waals surface area contributed by atoms with Crippen molar-refractivity contribution in [1.82, 2.24) is 16.0 Å². The Balaban J connectivity index is 2.00. The lowest BCUT2D eigenvalue weighted by Crippen LogP contribution is -2.45. The van der Waals surface area contributed by atoms with Crippen LogP contribution >= 0.6 is 0 Å². The molecule has 0 aromatic carbocycles. The van der Waals surface area contributed by atoms with Crippen molar-refractivity contribution in [2.45, 2.75) is 46.1 Å². The minimum atomic E-state index is -0.218. The molecule has 0 radical (unpaired) electrons. The molecule has 1 unspecified atom stereocenters. The molecular weight excluding hydrogens is 242 g/mol. The molecule has 5 heteroatoms. The molecule has 1 rings (SSSR count). The van der Waals surface area contributed by atoms with E-state index in [0.29, 0.717) is 19.0 Å². The van der Waals surface area contributed by atoms with Gasteiger partial charge in [0.15, 0.2) is 0 Å². The Kier molecular flexibility index (Phi) is 6.84. The Bertz CT molecular complexity index is 301. The Morgan fingerprint density at radius 3 is 2.32 bits per heavy atom. The van der Waals surface area contributed by atoms with Crippen LogP contribution in [0.15, 0.2) is 0 Å². The van der Waals surface area contributed by atoms with Crippen LogP contribution in [0.5, 0.6) is 0 Å². The summed E-state index contributed by atoms with van der Waals surface area (Å²) in [6, 6.07) is -0.218. The molecular formula is C14H27N3O2. The Morgan fingerprint density at radius 1 is 1.05 bits per heavy atom. The topological polar surface area (TPSA) is 70.2 Å². The number of rotatable bonds is 9. The number of carbonyl (C=O) groups excluding carboxylic acids is 2. The molecule has 2 amide bonds. The molecule has 1 fully saturated rings. The average Bonchev–Trinajstić information content (AvgIpc) is 3.17. The van der Waals surface area contributed by atoms with Gasteiger partial charge in [-0.15, -0.1) is 0 Å². The normalized spacial score (nSPS) is 16.2. The summed E-state index contributed by atoms with van der Waals surface area (Å²) in [5, 5.41) is 8.88. The van der Waals surface area contributed by atoms with Crippen LogP contribution in [-0.4, -0.2) is 37.5 Å². The highest BCUT2D eigenvalue weighted by Crippen LogP contribution is 2.28. The van der Waals surface area contributed by atoms with Crippen molar-refractivity contribution in [1.29, 1.82) is 0 Å². The summed E-state index contributed by atoms with van der Waals surface area (Å²) >= 11 is 0. The Labute approximate surface area is 115 Å². The van der Waals surface area contributed by atoms with Crippen molar-refractivity contribution in [3.05, 3.63) is 0 Å². The van der Waals surface area contributed by atoms with Gasteiger partial charge in [0.1, 0.15) is 0 Å². The molecule has 0 aromatic rings. The predicted octanol–water partition coefficient (Wildman–Crippen LogP) is 0.653. The zero-order chi connectivity index (χ0) is 14.3. The fraction of sp³-hybridized carbons (Fsp3) is 0.857. The van der Waals surface area contributed by atoms with Crippen LogP contribution in [-0.2, 0) is 9.59 Å². The third-order valence-electron chi connectivity index (χ3n) is 3.24. The number of amides is 2. The predicted molar refractivity (Wildman–Crippen MR) is 75.7 cm³/mol. The van der Waals surface area contributed by atoms with E-state index in [9.17, 15) is 9.59 Å². The quantitative estimate of drug-likeness (QED) is 0.538. The minimum absolute atomic E-state index is 0.0224. The lowest BCUT2D eigenvalue weighted by molar-refractivity contribution is -0.122. The molecule has 0 aliphatic heterocycles. The summed E-state index contributed by atoms with van der Waals surface area (Å²) in [4.78, 5) is 23.1. The second kappa shape index (κ2) is 8.15. The molecule has 1 aliphatic rings. The van der Waals surface area contributed by atoms with Crippen LogP contribution in [0.3, 0.4) is 0 Å². The van der Waals surface area contributed by atoms with Crippen molar-refractivity contribution >= 4 is 11.8 Å². The van der Waals surface area contributed by atoms with Crippen LogP contribution in [0, 0.1) is 11.8 Å². The summed E-state index contributed by atoms with van der Waals surface area (Å²) in [5.41, 5.74) is 0. The largest absolute Gasteiger partial charge is 0.355 e. The number of hydrogen-bond acceptors (Lipinski definition) is 3. The van der Waals surface area contributed by atoms with Gasteiger partial charge < -0.3 is 16.0 Å². The van der Waals surface area contributed by atoms with Crippen LogP contribution in [0.25, 0.3) is 0 Å². The van der Waals surface area contributed by atoms with E-state index in [1.165, 1.54) is 0 Å². The molecule has 3 N–H and O–H groups in total. The number of hydrogen-bond donors (Lipinski definition) is 3. The van der Waals surface area contributed by atoms with Crippen LogP contribution in [0.1, 0.15) is 40.0 Å². The second-order valence-electron chi connectivity index (χ2n) is 5.71. The van der Waals surface area contributed by atoms with Gasteiger partial charge in [-0.3, -0.25) is 9.59 Å². The second-order valence-corrected chi connectivity index (χ2v) is 5.71. The molecule has 0 spiro atoms. The first kappa shape index (κ1) is 16.0. The zero-order valence-electron chi connectivity index (χ0n) is 12.3. The highest BCUT2D eigenvalue weighted by Gasteiger charge is 2.29. The Hall–Kier alpha value is -1.10.